The van der Waals surface area contributed by atoms with Crippen molar-refractivity contribution in [3.8, 4) is 0 Å². The van der Waals surface area contributed by atoms with Gasteiger partial charge in [0.2, 0.25) is 11.8 Å². The van der Waals surface area contributed by atoms with Crippen LogP contribution in [-0.2, 0) is 16.1 Å². The number of rotatable bonds is 8. The summed E-state index contributed by atoms with van der Waals surface area (Å²) in [5, 5.41) is 5.30. The fourth-order valence-electron chi connectivity index (χ4n) is 3.00. The smallest absolute Gasteiger partial charge is 0.254 e. The number of nitrogens with one attached hydrogen (secondary N) is 2. The van der Waals surface area contributed by atoms with Crippen LogP contribution < -0.4 is 10.6 Å². The number of hydrogen-bond acceptors (Lipinski definition) is 4. The second kappa shape index (κ2) is 10.2. The normalized spacial score (nSPS) is 10.4. The molecule has 0 fully saturated rings. The van der Waals surface area contributed by atoms with Gasteiger partial charge >= 0.3 is 0 Å². The molecule has 160 valence electrons. The quantitative estimate of drug-likeness (QED) is 0.586. The molecule has 0 saturated heterocycles. The molecule has 3 aromatic rings. The van der Waals surface area contributed by atoms with E-state index in [2.05, 4.69) is 10.6 Å². The first-order valence-electron chi connectivity index (χ1n) is 9.92. The first-order chi connectivity index (χ1) is 14.9. The Morgan fingerprint density at radius 3 is 2.35 bits per heavy atom. The molecule has 1 heterocycles. The number of aryl methyl sites for hydroxylation is 2. The second-order valence-electron chi connectivity index (χ2n) is 7.30. The van der Waals surface area contributed by atoms with Crippen LogP contribution in [0.25, 0.3) is 0 Å². The Hall–Kier alpha value is -3.87. The van der Waals surface area contributed by atoms with Crippen molar-refractivity contribution in [1.82, 2.24) is 10.2 Å². The van der Waals surface area contributed by atoms with Gasteiger partial charge in [0.15, 0.2) is 0 Å². The van der Waals surface area contributed by atoms with E-state index in [1.165, 1.54) is 11.2 Å². The molecule has 31 heavy (non-hydrogen) atoms. The van der Waals surface area contributed by atoms with Crippen molar-refractivity contribution in [1.29, 1.82) is 0 Å². The molecule has 3 rings (SSSR count). The summed E-state index contributed by atoms with van der Waals surface area (Å²) in [5.41, 5.74) is 3.19. The minimum Gasteiger partial charge on any atom is -0.467 e. The van der Waals surface area contributed by atoms with Gasteiger partial charge in [-0.2, -0.15) is 0 Å². The number of amides is 3. The Labute approximate surface area is 181 Å². The molecular formula is C24H25N3O4. The van der Waals surface area contributed by atoms with Crippen LogP contribution in [0.3, 0.4) is 0 Å². The highest BCUT2D eigenvalue weighted by molar-refractivity contribution is 5.98. The van der Waals surface area contributed by atoms with Gasteiger partial charge in [-0.15, -0.1) is 0 Å². The predicted octanol–water partition coefficient (Wildman–Crippen LogP) is 3.29. The van der Waals surface area contributed by atoms with Crippen LogP contribution in [0.1, 0.15) is 27.2 Å². The van der Waals surface area contributed by atoms with Crippen LogP contribution in [0.5, 0.6) is 0 Å². The molecular weight excluding hydrogens is 394 g/mol. The van der Waals surface area contributed by atoms with Gasteiger partial charge in [0, 0.05) is 11.3 Å². The van der Waals surface area contributed by atoms with E-state index >= 15 is 0 Å². The summed E-state index contributed by atoms with van der Waals surface area (Å²) < 4.78 is 5.34. The molecule has 0 spiro atoms. The Morgan fingerprint density at radius 2 is 1.68 bits per heavy atom. The van der Waals surface area contributed by atoms with Crippen molar-refractivity contribution in [3.63, 3.8) is 0 Å². The Balaban J connectivity index is 1.60. The minimum absolute atomic E-state index is 0.141. The third-order valence-corrected chi connectivity index (χ3v) is 4.59. The fourth-order valence-corrected chi connectivity index (χ4v) is 3.00. The average molecular weight is 419 g/mol. The maximum Gasteiger partial charge on any atom is 0.254 e. The van der Waals surface area contributed by atoms with E-state index in [4.69, 9.17) is 4.42 Å². The molecule has 2 N–H and O–H groups in total. The molecule has 0 bridgehead atoms. The summed E-state index contributed by atoms with van der Waals surface area (Å²) in [7, 11) is 0. The van der Waals surface area contributed by atoms with Crippen molar-refractivity contribution in [3.05, 3.63) is 89.4 Å². The topological polar surface area (TPSA) is 91.7 Å². The molecule has 0 aliphatic rings. The third-order valence-electron chi connectivity index (χ3n) is 4.59. The number of benzene rings is 2. The van der Waals surface area contributed by atoms with Gasteiger partial charge < -0.3 is 20.0 Å². The maximum atomic E-state index is 13.0. The molecule has 0 atom stereocenters. The number of carbonyl (C=O) groups is 3. The van der Waals surface area contributed by atoms with E-state index < -0.39 is 5.91 Å². The Bertz CT molecular complexity index is 1040. The van der Waals surface area contributed by atoms with Gasteiger partial charge in [0.05, 0.1) is 19.4 Å². The largest absolute Gasteiger partial charge is 0.467 e. The standard InChI is InChI=1S/C24H25N3O4/c1-17-8-10-19(11-9-17)24(30)27(15-21-7-4-12-31-21)16-23(29)25-14-22(28)26-20-6-3-5-18(2)13-20/h3-13H,14-16H2,1-2H3,(H,25,29)(H,26,28). The lowest BCUT2D eigenvalue weighted by Crippen LogP contribution is -2.42. The number of carbonyl (C=O) groups excluding carboxylic acids is 3. The van der Waals surface area contributed by atoms with Crippen molar-refractivity contribution >= 4 is 23.4 Å². The molecule has 1 aromatic heterocycles. The third kappa shape index (κ3) is 6.57. The van der Waals surface area contributed by atoms with Gasteiger partial charge in [0.1, 0.15) is 12.3 Å². The number of furan rings is 1. The monoisotopic (exact) mass is 419 g/mol. The number of hydrogen-bond donors (Lipinski definition) is 2. The Kier molecular flexibility index (Phi) is 7.22. The molecule has 3 amide bonds. The summed E-state index contributed by atoms with van der Waals surface area (Å²) in [6, 6.07) is 18.0. The molecule has 0 aliphatic heterocycles. The lowest BCUT2D eigenvalue weighted by molar-refractivity contribution is -0.124. The molecule has 0 saturated carbocycles. The lowest BCUT2D eigenvalue weighted by Gasteiger charge is -2.21. The molecule has 0 radical (unpaired) electrons. The molecule has 0 aliphatic carbocycles. The molecule has 7 nitrogen and oxygen atoms in total. The predicted molar refractivity (Wildman–Crippen MR) is 117 cm³/mol. The zero-order chi connectivity index (χ0) is 22.2. The Morgan fingerprint density at radius 1 is 0.903 bits per heavy atom. The van der Waals surface area contributed by atoms with E-state index in [-0.39, 0.29) is 31.4 Å². The number of anilines is 1. The first kappa shape index (κ1) is 21.8. The zero-order valence-electron chi connectivity index (χ0n) is 17.6. The van der Waals surface area contributed by atoms with Crippen LogP contribution in [0.2, 0.25) is 0 Å². The first-order valence-corrected chi connectivity index (χ1v) is 9.92. The fraction of sp³-hybridized carbons (Fsp3) is 0.208. The zero-order valence-corrected chi connectivity index (χ0v) is 17.6. The average Bonchev–Trinajstić information content (AvgIpc) is 3.25. The highest BCUT2D eigenvalue weighted by Crippen LogP contribution is 2.12. The van der Waals surface area contributed by atoms with Gasteiger partial charge in [-0.1, -0.05) is 29.8 Å². The van der Waals surface area contributed by atoms with Crippen molar-refractivity contribution in [2.45, 2.75) is 20.4 Å². The van der Waals surface area contributed by atoms with Gasteiger partial charge in [-0.3, -0.25) is 14.4 Å². The van der Waals surface area contributed by atoms with Crippen LogP contribution >= 0.6 is 0 Å². The van der Waals surface area contributed by atoms with Gasteiger partial charge in [0.25, 0.3) is 5.91 Å². The van der Waals surface area contributed by atoms with Crippen molar-refractivity contribution < 1.29 is 18.8 Å². The summed E-state index contributed by atoms with van der Waals surface area (Å²) in [5.74, 6) is -0.519. The van der Waals surface area contributed by atoms with Crippen molar-refractivity contribution in [2.75, 3.05) is 18.4 Å². The number of nitrogens with zero attached hydrogens (tertiary/aromatic N) is 1. The van der Waals surface area contributed by atoms with E-state index in [0.29, 0.717) is 17.0 Å². The van der Waals surface area contributed by atoms with Crippen molar-refractivity contribution in [2.24, 2.45) is 0 Å². The lowest BCUT2D eigenvalue weighted by atomic mass is 10.1. The summed E-state index contributed by atoms with van der Waals surface area (Å²) >= 11 is 0. The second-order valence-corrected chi connectivity index (χ2v) is 7.30. The van der Waals surface area contributed by atoms with Crippen LogP contribution in [-0.4, -0.2) is 35.7 Å². The van der Waals surface area contributed by atoms with Crippen LogP contribution in [0.15, 0.2) is 71.3 Å². The van der Waals surface area contributed by atoms with E-state index in [1.54, 1.807) is 30.3 Å². The van der Waals surface area contributed by atoms with Gasteiger partial charge in [-0.25, -0.2) is 0 Å². The maximum absolute atomic E-state index is 13.0. The van der Waals surface area contributed by atoms with Crippen LogP contribution in [0, 0.1) is 13.8 Å². The molecule has 7 heteroatoms. The van der Waals surface area contributed by atoms with Gasteiger partial charge in [-0.05, 0) is 55.8 Å². The van der Waals surface area contributed by atoms with E-state index in [9.17, 15) is 14.4 Å². The van der Waals surface area contributed by atoms with E-state index in [1.807, 2.05) is 44.2 Å². The molecule has 2 aromatic carbocycles. The summed E-state index contributed by atoms with van der Waals surface area (Å²) in [6.45, 7) is 3.61. The van der Waals surface area contributed by atoms with E-state index in [0.717, 1.165) is 11.1 Å². The minimum atomic E-state index is -0.439. The highest BCUT2D eigenvalue weighted by atomic mass is 16.3. The van der Waals surface area contributed by atoms with Crippen LogP contribution in [0.4, 0.5) is 5.69 Å². The summed E-state index contributed by atoms with van der Waals surface area (Å²) in [6.07, 6.45) is 1.51. The highest BCUT2D eigenvalue weighted by Gasteiger charge is 2.20. The molecule has 0 unspecified atom stereocenters. The summed E-state index contributed by atoms with van der Waals surface area (Å²) in [4.78, 5) is 38.9. The SMILES string of the molecule is Cc1ccc(C(=O)N(CC(=O)NCC(=O)Nc2cccc(C)c2)Cc2ccco2)cc1.